The number of methoxy groups -OCH3 is 1. The number of aromatic nitrogens is 1. The van der Waals surface area contributed by atoms with Crippen LogP contribution in [0.3, 0.4) is 0 Å². The standard InChI is InChI=1S/C24H23N3OS/c1-28-19-13-11-18(12-14-19)27-24(29)26-15-21(17-7-3-2-4-8-17)22-16-25-23-10-6-5-9-20(22)23/h2-14,16,21,25H,15H2,1H3,(H2,26,27,29)/t21-/m1/s1. The number of anilines is 1. The maximum atomic E-state index is 5.53. The van der Waals surface area contributed by atoms with Crippen molar-refractivity contribution in [2.24, 2.45) is 0 Å². The van der Waals surface area contributed by atoms with Gasteiger partial charge in [-0.1, -0.05) is 48.5 Å². The second-order valence-electron chi connectivity index (χ2n) is 6.82. The lowest BCUT2D eigenvalue weighted by Gasteiger charge is -2.20. The fourth-order valence-electron chi connectivity index (χ4n) is 3.52. The molecule has 0 saturated carbocycles. The molecule has 0 radical (unpaired) electrons. The number of benzene rings is 3. The Kier molecular flexibility index (Phi) is 5.77. The van der Waals surface area contributed by atoms with E-state index in [1.165, 1.54) is 16.5 Å². The SMILES string of the molecule is COc1ccc(NC(=S)NC[C@H](c2ccccc2)c2c[nH]c3ccccc23)cc1. The molecular weight excluding hydrogens is 378 g/mol. The molecule has 0 aliphatic carbocycles. The number of rotatable bonds is 6. The normalized spacial score (nSPS) is 11.8. The van der Waals surface area contributed by atoms with Gasteiger partial charge in [0.05, 0.1) is 7.11 Å². The number of ether oxygens (including phenoxy) is 1. The summed E-state index contributed by atoms with van der Waals surface area (Å²) in [6, 6.07) is 26.6. The topological polar surface area (TPSA) is 49.1 Å². The van der Waals surface area contributed by atoms with Crippen molar-refractivity contribution < 1.29 is 4.74 Å². The summed E-state index contributed by atoms with van der Waals surface area (Å²) >= 11 is 5.53. The van der Waals surface area contributed by atoms with E-state index in [9.17, 15) is 0 Å². The van der Waals surface area contributed by atoms with Crippen LogP contribution in [0.15, 0.2) is 85.1 Å². The van der Waals surface area contributed by atoms with Gasteiger partial charge in [0.1, 0.15) is 5.75 Å². The lowest BCUT2D eigenvalue weighted by molar-refractivity contribution is 0.415. The maximum Gasteiger partial charge on any atom is 0.170 e. The van der Waals surface area contributed by atoms with E-state index in [0.29, 0.717) is 11.7 Å². The molecule has 0 saturated heterocycles. The minimum atomic E-state index is 0.169. The first-order valence-electron chi connectivity index (χ1n) is 9.54. The van der Waals surface area contributed by atoms with E-state index in [1.807, 2.05) is 36.4 Å². The van der Waals surface area contributed by atoms with Crippen LogP contribution in [-0.2, 0) is 0 Å². The highest BCUT2D eigenvalue weighted by Gasteiger charge is 2.18. The van der Waals surface area contributed by atoms with Crippen molar-refractivity contribution in [1.29, 1.82) is 0 Å². The van der Waals surface area contributed by atoms with Gasteiger partial charge in [0, 0.05) is 35.2 Å². The van der Waals surface area contributed by atoms with Crippen molar-refractivity contribution in [3.8, 4) is 5.75 Å². The Morgan fingerprint density at radius 2 is 1.69 bits per heavy atom. The highest BCUT2D eigenvalue weighted by molar-refractivity contribution is 7.80. The maximum absolute atomic E-state index is 5.53. The van der Waals surface area contributed by atoms with Crippen LogP contribution in [0.25, 0.3) is 10.9 Å². The fourth-order valence-corrected chi connectivity index (χ4v) is 3.72. The molecule has 0 unspecified atom stereocenters. The third-order valence-corrected chi connectivity index (χ3v) is 5.26. The molecule has 4 nitrogen and oxygen atoms in total. The van der Waals surface area contributed by atoms with Crippen LogP contribution < -0.4 is 15.4 Å². The number of fused-ring (bicyclic) bond motifs is 1. The van der Waals surface area contributed by atoms with Gasteiger partial charge in [0.15, 0.2) is 5.11 Å². The van der Waals surface area contributed by atoms with Crippen LogP contribution in [-0.4, -0.2) is 23.8 Å². The van der Waals surface area contributed by atoms with E-state index in [1.54, 1.807) is 7.11 Å². The molecule has 5 heteroatoms. The Morgan fingerprint density at radius 1 is 0.966 bits per heavy atom. The van der Waals surface area contributed by atoms with Crippen LogP contribution in [0.2, 0.25) is 0 Å². The lowest BCUT2D eigenvalue weighted by Crippen LogP contribution is -2.32. The molecule has 29 heavy (non-hydrogen) atoms. The highest BCUT2D eigenvalue weighted by Crippen LogP contribution is 2.30. The number of para-hydroxylation sites is 1. The van der Waals surface area contributed by atoms with Crippen molar-refractivity contribution in [3.63, 3.8) is 0 Å². The summed E-state index contributed by atoms with van der Waals surface area (Å²) in [5.41, 5.74) is 4.57. The van der Waals surface area contributed by atoms with Gasteiger partial charge < -0.3 is 20.4 Å². The van der Waals surface area contributed by atoms with E-state index in [2.05, 4.69) is 64.3 Å². The zero-order valence-corrected chi connectivity index (χ0v) is 17.0. The van der Waals surface area contributed by atoms with Crippen molar-refractivity contribution in [2.45, 2.75) is 5.92 Å². The van der Waals surface area contributed by atoms with Crippen LogP contribution in [0.4, 0.5) is 5.69 Å². The zero-order valence-electron chi connectivity index (χ0n) is 16.2. The van der Waals surface area contributed by atoms with E-state index in [-0.39, 0.29) is 5.92 Å². The second-order valence-corrected chi connectivity index (χ2v) is 7.22. The molecule has 1 atom stereocenters. The number of aromatic amines is 1. The number of thiocarbonyl (C=S) groups is 1. The van der Waals surface area contributed by atoms with Crippen molar-refractivity contribution in [3.05, 3.63) is 96.2 Å². The Hall–Kier alpha value is -3.31. The predicted molar refractivity (Wildman–Crippen MR) is 124 cm³/mol. The molecule has 146 valence electrons. The molecule has 4 aromatic rings. The Labute approximate surface area is 175 Å². The third kappa shape index (κ3) is 4.41. The number of H-pyrrole nitrogens is 1. The van der Waals surface area contributed by atoms with Crippen LogP contribution in [0.5, 0.6) is 5.75 Å². The van der Waals surface area contributed by atoms with Crippen LogP contribution in [0, 0.1) is 0 Å². The summed E-state index contributed by atoms with van der Waals surface area (Å²) in [7, 11) is 1.66. The molecule has 4 rings (SSSR count). The van der Waals surface area contributed by atoms with Gasteiger partial charge in [-0.2, -0.15) is 0 Å². The summed E-state index contributed by atoms with van der Waals surface area (Å²) in [4.78, 5) is 3.39. The number of hydrogen-bond donors (Lipinski definition) is 3. The fraction of sp³-hybridized carbons (Fsp3) is 0.125. The van der Waals surface area contributed by atoms with Crippen molar-refractivity contribution in [2.75, 3.05) is 19.0 Å². The summed E-state index contributed by atoms with van der Waals surface area (Å²) < 4.78 is 5.20. The minimum Gasteiger partial charge on any atom is -0.497 e. The van der Waals surface area contributed by atoms with E-state index in [4.69, 9.17) is 17.0 Å². The molecule has 0 aliphatic rings. The largest absolute Gasteiger partial charge is 0.497 e. The minimum absolute atomic E-state index is 0.169. The summed E-state index contributed by atoms with van der Waals surface area (Å²) in [6.07, 6.45) is 2.10. The van der Waals surface area contributed by atoms with E-state index >= 15 is 0 Å². The van der Waals surface area contributed by atoms with Crippen LogP contribution >= 0.6 is 12.2 Å². The first-order valence-corrected chi connectivity index (χ1v) is 9.95. The molecule has 0 bridgehead atoms. The van der Waals surface area contributed by atoms with Crippen LogP contribution in [0.1, 0.15) is 17.0 Å². The summed E-state index contributed by atoms with van der Waals surface area (Å²) in [5.74, 6) is 0.987. The van der Waals surface area contributed by atoms with Crippen molar-refractivity contribution >= 4 is 33.9 Å². The monoisotopic (exact) mass is 401 g/mol. The van der Waals surface area contributed by atoms with Crippen molar-refractivity contribution in [1.82, 2.24) is 10.3 Å². The molecule has 3 N–H and O–H groups in total. The van der Waals surface area contributed by atoms with Gasteiger partial charge >= 0.3 is 0 Å². The smallest absolute Gasteiger partial charge is 0.170 e. The average molecular weight is 402 g/mol. The molecule has 1 heterocycles. The molecule has 0 spiro atoms. The second kappa shape index (κ2) is 8.80. The first kappa shape index (κ1) is 19.0. The van der Waals surface area contributed by atoms with Gasteiger partial charge in [-0.25, -0.2) is 0 Å². The Balaban J connectivity index is 1.52. The van der Waals surface area contributed by atoms with Gasteiger partial charge in [-0.3, -0.25) is 0 Å². The quantitative estimate of drug-likeness (QED) is 0.384. The molecular formula is C24H23N3OS. The summed E-state index contributed by atoms with van der Waals surface area (Å²) in [5, 5.41) is 8.45. The molecule has 3 aromatic carbocycles. The first-order chi connectivity index (χ1) is 14.2. The highest BCUT2D eigenvalue weighted by atomic mass is 32.1. The lowest BCUT2D eigenvalue weighted by atomic mass is 9.91. The van der Waals surface area contributed by atoms with Gasteiger partial charge in [0.2, 0.25) is 0 Å². The third-order valence-electron chi connectivity index (χ3n) is 5.01. The van der Waals surface area contributed by atoms with Gasteiger partial charge in [-0.05, 0) is 53.7 Å². The Bertz CT molecular complexity index is 1090. The van der Waals surface area contributed by atoms with Gasteiger partial charge in [-0.15, -0.1) is 0 Å². The number of nitrogens with one attached hydrogen (secondary N) is 3. The van der Waals surface area contributed by atoms with E-state index in [0.717, 1.165) is 17.0 Å². The zero-order chi connectivity index (χ0) is 20.1. The molecule has 1 aromatic heterocycles. The number of hydrogen-bond acceptors (Lipinski definition) is 2. The van der Waals surface area contributed by atoms with E-state index < -0.39 is 0 Å². The molecule has 0 amide bonds. The Morgan fingerprint density at radius 3 is 2.45 bits per heavy atom. The summed E-state index contributed by atoms with van der Waals surface area (Å²) in [6.45, 7) is 0.688. The van der Waals surface area contributed by atoms with Gasteiger partial charge in [0.25, 0.3) is 0 Å². The molecule has 0 fully saturated rings. The average Bonchev–Trinajstić information content (AvgIpc) is 3.19. The molecule has 0 aliphatic heterocycles. The predicted octanol–water partition coefficient (Wildman–Crippen LogP) is 5.30.